The van der Waals surface area contributed by atoms with Gasteiger partial charge >= 0.3 is 6.18 Å². The molecular weight excluding hydrogens is 249 g/mol. The van der Waals surface area contributed by atoms with E-state index in [2.05, 4.69) is 4.98 Å². The van der Waals surface area contributed by atoms with Crippen molar-refractivity contribution in [1.82, 2.24) is 4.98 Å². The van der Waals surface area contributed by atoms with Crippen molar-refractivity contribution in [2.75, 3.05) is 18.1 Å². The zero-order valence-corrected chi connectivity index (χ0v) is 9.31. The first-order valence-electron chi connectivity index (χ1n) is 5.36. The Morgan fingerprint density at radius 2 is 2.22 bits per heavy atom. The van der Waals surface area contributed by atoms with Crippen molar-refractivity contribution in [2.45, 2.75) is 12.6 Å². The summed E-state index contributed by atoms with van der Waals surface area (Å²) >= 11 is 0. The van der Waals surface area contributed by atoms with Crippen LogP contribution in [0.3, 0.4) is 0 Å². The Morgan fingerprint density at radius 3 is 2.78 bits per heavy atom. The molecule has 98 valence electrons. The maximum Gasteiger partial charge on any atom is 0.418 e. The minimum atomic E-state index is -4.53. The van der Waals surface area contributed by atoms with Gasteiger partial charge in [0, 0.05) is 31.7 Å². The number of aliphatic hydroxyl groups is 1. The largest absolute Gasteiger partial charge is 0.418 e. The average Bonchev–Trinajstić information content (AvgIpc) is 2.69. The number of amides is 1. The van der Waals surface area contributed by atoms with E-state index in [0.717, 1.165) is 23.4 Å². The molecule has 1 atom stereocenters. The summed E-state index contributed by atoms with van der Waals surface area (Å²) in [5.74, 6) is -0.744. The summed E-state index contributed by atoms with van der Waals surface area (Å²) in [4.78, 5) is 16.3. The van der Waals surface area contributed by atoms with Crippen molar-refractivity contribution in [3.8, 4) is 0 Å². The number of pyridine rings is 1. The highest BCUT2D eigenvalue weighted by Crippen LogP contribution is 2.37. The lowest BCUT2D eigenvalue weighted by atomic mass is 10.1. The highest BCUT2D eigenvalue weighted by atomic mass is 19.4. The molecule has 1 aliphatic rings. The van der Waals surface area contributed by atoms with E-state index in [1.165, 1.54) is 0 Å². The summed E-state index contributed by atoms with van der Waals surface area (Å²) in [7, 11) is 0. The van der Waals surface area contributed by atoms with Crippen molar-refractivity contribution < 1.29 is 23.1 Å². The Balaban J connectivity index is 2.37. The second-order valence-electron chi connectivity index (χ2n) is 4.15. The first-order chi connectivity index (χ1) is 8.43. The van der Waals surface area contributed by atoms with Crippen LogP contribution in [0.2, 0.25) is 0 Å². The lowest BCUT2D eigenvalue weighted by Gasteiger charge is -2.20. The number of hydrogen-bond donors (Lipinski definition) is 1. The number of halogens is 3. The van der Waals surface area contributed by atoms with Crippen LogP contribution in [-0.4, -0.2) is 29.1 Å². The van der Waals surface area contributed by atoms with Gasteiger partial charge in [0.2, 0.25) is 5.91 Å². The minimum absolute atomic E-state index is 0.0582. The fraction of sp³-hybridized carbons (Fsp3) is 0.455. The third-order valence-electron chi connectivity index (χ3n) is 2.86. The van der Waals surface area contributed by atoms with Crippen LogP contribution >= 0.6 is 0 Å². The number of rotatable bonds is 2. The van der Waals surface area contributed by atoms with E-state index in [0.29, 0.717) is 0 Å². The van der Waals surface area contributed by atoms with E-state index in [1.807, 2.05) is 0 Å². The Labute approximate surface area is 101 Å². The van der Waals surface area contributed by atoms with E-state index in [-0.39, 0.29) is 31.2 Å². The Hall–Kier alpha value is -1.63. The maximum absolute atomic E-state index is 12.8. The Kier molecular flexibility index (Phi) is 3.25. The molecule has 1 unspecified atom stereocenters. The number of carbonyl (C=O) groups excluding carboxylic acids is 1. The molecule has 0 saturated carbocycles. The van der Waals surface area contributed by atoms with Crippen molar-refractivity contribution in [3.63, 3.8) is 0 Å². The van der Waals surface area contributed by atoms with Gasteiger partial charge in [0.05, 0.1) is 17.4 Å². The van der Waals surface area contributed by atoms with Crippen LogP contribution in [0.5, 0.6) is 0 Å². The molecule has 0 spiro atoms. The van der Waals surface area contributed by atoms with Crippen LogP contribution in [0.1, 0.15) is 12.0 Å². The summed E-state index contributed by atoms with van der Waals surface area (Å²) in [5, 5.41) is 8.96. The molecule has 1 saturated heterocycles. The molecule has 2 rings (SSSR count). The van der Waals surface area contributed by atoms with E-state index in [4.69, 9.17) is 5.11 Å². The molecule has 7 heteroatoms. The first kappa shape index (κ1) is 12.8. The summed E-state index contributed by atoms with van der Waals surface area (Å²) in [6.07, 6.45) is -2.41. The molecular formula is C11H11F3N2O2. The molecule has 18 heavy (non-hydrogen) atoms. The van der Waals surface area contributed by atoms with Crippen molar-refractivity contribution in [3.05, 3.63) is 24.0 Å². The third-order valence-corrected chi connectivity index (χ3v) is 2.86. The number of nitrogens with zero attached hydrogens (tertiary/aromatic N) is 2. The number of hydrogen-bond acceptors (Lipinski definition) is 3. The fourth-order valence-electron chi connectivity index (χ4n) is 1.98. The number of aromatic nitrogens is 1. The van der Waals surface area contributed by atoms with Crippen LogP contribution in [0.15, 0.2) is 18.5 Å². The van der Waals surface area contributed by atoms with Gasteiger partial charge in [-0.05, 0) is 6.07 Å². The van der Waals surface area contributed by atoms with Gasteiger partial charge in [-0.25, -0.2) is 0 Å². The van der Waals surface area contributed by atoms with Crippen molar-refractivity contribution >= 4 is 11.6 Å². The van der Waals surface area contributed by atoms with Crippen molar-refractivity contribution in [1.29, 1.82) is 0 Å². The van der Waals surface area contributed by atoms with Gasteiger partial charge in [0.25, 0.3) is 0 Å². The molecule has 1 amide bonds. The fourth-order valence-corrected chi connectivity index (χ4v) is 1.98. The number of carbonyl (C=O) groups is 1. The van der Waals surface area contributed by atoms with Gasteiger partial charge in [-0.1, -0.05) is 0 Å². The molecule has 1 N–H and O–H groups in total. The molecule has 0 aromatic carbocycles. The predicted molar refractivity (Wildman–Crippen MR) is 56.8 cm³/mol. The Bertz CT molecular complexity index is 462. The van der Waals surface area contributed by atoms with E-state index < -0.39 is 17.6 Å². The SMILES string of the molecule is O=C1CC(CO)CN1c1cnccc1C(F)(F)F. The predicted octanol–water partition coefficient (Wildman–Crippen LogP) is 1.45. The molecule has 0 bridgehead atoms. The summed E-state index contributed by atoms with van der Waals surface area (Å²) in [6, 6.07) is 0.842. The normalized spacial score (nSPS) is 20.6. The van der Waals surface area contributed by atoms with Crippen LogP contribution in [0, 0.1) is 5.92 Å². The summed E-state index contributed by atoms with van der Waals surface area (Å²) in [5.41, 5.74) is -1.13. The quantitative estimate of drug-likeness (QED) is 0.875. The van der Waals surface area contributed by atoms with Gasteiger partial charge in [-0.2, -0.15) is 13.2 Å². The number of alkyl halides is 3. The van der Waals surface area contributed by atoms with Gasteiger partial charge in [-0.15, -0.1) is 0 Å². The van der Waals surface area contributed by atoms with Crippen LogP contribution < -0.4 is 4.90 Å². The number of aliphatic hydroxyl groups excluding tert-OH is 1. The monoisotopic (exact) mass is 260 g/mol. The van der Waals surface area contributed by atoms with Gasteiger partial charge in [0.15, 0.2) is 0 Å². The molecule has 1 fully saturated rings. The molecule has 1 aromatic heterocycles. The van der Waals surface area contributed by atoms with Crippen molar-refractivity contribution in [2.24, 2.45) is 5.92 Å². The van der Waals surface area contributed by atoms with Crippen LogP contribution in [-0.2, 0) is 11.0 Å². The smallest absolute Gasteiger partial charge is 0.396 e. The molecule has 4 nitrogen and oxygen atoms in total. The van der Waals surface area contributed by atoms with E-state index >= 15 is 0 Å². The topological polar surface area (TPSA) is 53.4 Å². The standard InChI is InChI=1S/C11H11F3N2O2/c12-11(13,14)8-1-2-15-4-9(8)16-5-7(6-17)3-10(16)18/h1-2,4,7,17H,3,5-6H2. The first-order valence-corrected chi connectivity index (χ1v) is 5.36. The lowest BCUT2D eigenvalue weighted by molar-refractivity contribution is -0.137. The van der Waals surface area contributed by atoms with E-state index in [1.54, 1.807) is 0 Å². The second kappa shape index (κ2) is 4.56. The third kappa shape index (κ3) is 2.31. The lowest BCUT2D eigenvalue weighted by Crippen LogP contribution is -2.27. The molecule has 1 aromatic rings. The highest BCUT2D eigenvalue weighted by molar-refractivity contribution is 5.96. The Morgan fingerprint density at radius 1 is 1.50 bits per heavy atom. The molecule has 2 heterocycles. The average molecular weight is 260 g/mol. The van der Waals surface area contributed by atoms with Gasteiger partial charge < -0.3 is 10.0 Å². The van der Waals surface area contributed by atoms with Crippen LogP contribution in [0.4, 0.5) is 18.9 Å². The summed E-state index contributed by atoms with van der Waals surface area (Å²) in [6.45, 7) is -0.131. The maximum atomic E-state index is 12.8. The van der Waals surface area contributed by atoms with Gasteiger partial charge in [-0.3, -0.25) is 9.78 Å². The highest BCUT2D eigenvalue weighted by Gasteiger charge is 2.39. The minimum Gasteiger partial charge on any atom is -0.396 e. The number of anilines is 1. The van der Waals surface area contributed by atoms with E-state index in [9.17, 15) is 18.0 Å². The molecule has 1 aliphatic heterocycles. The zero-order chi connectivity index (χ0) is 13.3. The molecule has 0 aliphatic carbocycles. The van der Waals surface area contributed by atoms with Crippen LogP contribution in [0.25, 0.3) is 0 Å². The van der Waals surface area contributed by atoms with Gasteiger partial charge in [0.1, 0.15) is 0 Å². The zero-order valence-electron chi connectivity index (χ0n) is 9.31. The molecule has 0 radical (unpaired) electrons. The second-order valence-corrected chi connectivity index (χ2v) is 4.15. The summed E-state index contributed by atoms with van der Waals surface area (Å²) < 4.78 is 38.4.